The molecule has 1 aromatic carbocycles. The van der Waals surface area contributed by atoms with Gasteiger partial charge in [0.1, 0.15) is 0 Å². The van der Waals surface area contributed by atoms with Crippen LogP contribution in [0.4, 0.5) is 0 Å². The third-order valence-corrected chi connectivity index (χ3v) is 6.04. The molecule has 1 heterocycles. The summed E-state index contributed by atoms with van der Waals surface area (Å²) in [7, 11) is 5.86. The molecule has 0 aliphatic heterocycles. The number of benzene rings is 1. The first-order valence-corrected chi connectivity index (χ1v) is 14.0. The van der Waals surface area contributed by atoms with Crippen molar-refractivity contribution in [3.8, 4) is 11.3 Å². The van der Waals surface area contributed by atoms with Gasteiger partial charge < -0.3 is 4.90 Å². The average Bonchev–Trinajstić information content (AvgIpc) is 2.94. The van der Waals surface area contributed by atoms with Gasteiger partial charge in [0.15, 0.2) is 0 Å². The number of aliphatic imine (C=N–C) groups is 1. The van der Waals surface area contributed by atoms with Crippen LogP contribution in [0, 0.1) is 5.92 Å². The van der Waals surface area contributed by atoms with Gasteiger partial charge in [-0.1, -0.05) is 104 Å². The summed E-state index contributed by atoms with van der Waals surface area (Å²) in [5.74, 6) is 0.682. The molecule has 1 atom stereocenters. The Labute approximate surface area is 232 Å². The third kappa shape index (κ3) is 12.2. The van der Waals surface area contributed by atoms with Crippen LogP contribution in [0.2, 0.25) is 0 Å². The first kappa shape index (κ1) is 34.1. The molecular weight excluding hydrogens is 450 g/mol. The highest BCUT2D eigenvalue weighted by Crippen LogP contribution is 2.27. The number of allylic oxidation sites excluding steroid dienone is 4. The number of hydrogen-bond acceptors (Lipinski definition) is 3. The maximum Gasteiger partial charge on any atom is 0.0705 e. The van der Waals surface area contributed by atoms with Crippen molar-refractivity contribution >= 4 is 17.4 Å². The van der Waals surface area contributed by atoms with Crippen LogP contribution in [-0.4, -0.2) is 37.2 Å². The Bertz CT molecular complexity index is 1010. The lowest BCUT2D eigenvalue weighted by Crippen LogP contribution is -2.04. The van der Waals surface area contributed by atoms with Gasteiger partial charge in [-0.2, -0.15) is 0 Å². The zero-order valence-corrected chi connectivity index (χ0v) is 25.4. The quantitative estimate of drug-likeness (QED) is 0.223. The van der Waals surface area contributed by atoms with Crippen molar-refractivity contribution in [1.29, 1.82) is 0 Å². The summed E-state index contributed by atoms with van der Waals surface area (Å²) in [5, 5.41) is 0. The second-order valence-corrected chi connectivity index (χ2v) is 9.21. The second kappa shape index (κ2) is 20.2. The number of unbranched alkanes of at least 4 members (excludes halogenated alkanes) is 1. The smallest absolute Gasteiger partial charge is 0.0705 e. The molecule has 0 amide bonds. The van der Waals surface area contributed by atoms with Gasteiger partial charge in [0, 0.05) is 53.2 Å². The van der Waals surface area contributed by atoms with Gasteiger partial charge >= 0.3 is 0 Å². The monoisotopic (exact) mass is 507 g/mol. The van der Waals surface area contributed by atoms with Crippen molar-refractivity contribution in [2.75, 3.05) is 21.1 Å². The van der Waals surface area contributed by atoms with Gasteiger partial charge in [-0.3, -0.25) is 9.98 Å². The van der Waals surface area contributed by atoms with Crippen molar-refractivity contribution in [3.05, 3.63) is 78.1 Å². The largest absolute Gasteiger partial charge is 0.383 e. The molecule has 0 saturated heterocycles. The Hall–Kier alpha value is -2.94. The summed E-state index contributed by atoms with van der Waals surface area (Å²) >= 11 is 0. The molecule has 2 rings (SSSR count). The van der Waals surface area contributed by atoms with E-state index in [9.17, 15) is 0 Å². The summed E-state index contributed by atoms with van der Waals surface area (Å²) in [6.07, 6.45) is 13.9. The van der Waals surface area contributed by atoms with Gasteiger partial charge in [0.2, 0.25) is 0 Å². The lowest BCUT2D eigenvalue weighted by molar-refractivity contribution is 0.513. The molecule has 0 spiro atoms. The summed E-state index contributed by atoms with van der Waals surface area (Å²) in [4.78, 5) is 11.4. The molecule has 0 bridgehead atoms. The van der Waals surface area contributed by atoms with Crippen molar-refractivity contribution in [2.24, 2.45) is 10.9 Å². The fraction of sp³-hybridized carbons (Fsp3) is 0.471. The molecule has 0 saturated carbocycles. The van der Waals surface area contributed by atoms with E-state index in [1.165, 1.54) is 24.8 Å². The molecule has 0 aliphatic carbocycles. The van der Waals surface area contributed by atoms with Crippen LogP contribution in [0.3, 0.4) is 0 Å². The van der Waals surface area contributed by atoms with Gasteiger partial charge in [-0.15, -0.1) is 0 Å². The Morgan fingerprint density at radius 3 is 2.27 bits per heavy atom. The minimum absolute atomic E-state index is 0. The molecule has 3 heteroatoms. The fourth-order valence-corrected chi connectivity index (χ4v) is 3.52. The maximum absolute atomic E-state index is 5.13. The molecule has 1 unspecified atom stereocenters. The van der Waals surface area contributed by atoms with Crippen molar-refractivity contribution < 1.29 is 2.85 Å². The molecule has 0 radical (unpaired) electrons. The number of aromatic nitrogens is 1. The molecule has 37 heavy (non-hydrogen) atoms. The van der Waals surface area contributed by atoms with Crippen LogP contribution in [0.15, 0.2) is 66.3 Å². The predicted molar refractivity (Wildman–Crippen MR) is 174 cm³/mol. The topological polar surface area (TPSA) is 28.5 Å². The summed E-state index contributed by atoms with van der Waals surface area (Å²) in [5.41, 5.74) is 7.79. The molecule has 208 valence electrons. The third-order valence-electron chi connectivity index (χ3n) is 6.04. The minimum atomic E-state index is 0. The zero-order chi connectivity index (χ0) is 28.2. The summed E-state index contributed by atoms with van der Waals surface area (Å²) in [6.45, 7) is 19.0. The number of nitrogens with zero attached hydrogens (tertiary/aromatic N) is 3. The second-order valence-electron chi connectivity index (χ2n) is 9.21. The Morgan fingerprint density at radius 1 is 1.08 bits per heavy atom. The van der Waals surface area contributed by atoms with Crippen molar-refractivity contribution in [2.45, 2.75) is 80.6 Å². The van der Waals surface area contributed by atoms with E-state index >= 15 is 0 Å². The molecule has 1 aromatic heterocycles. The normalized spacial score (nSPS) is 12.3. The van der Waals surface area contributed by atoms with Crippen LogP contribution >= 0.6 is 0 Å². The van der Waals surface area contributed by atoms with Crippen molar-refractivity contribution in [1.82, 2.24) is 9.88 Å². The van der Waals surface area contributed by atoms with E-state index < -0.39 is 0 Å². The van der Waals surface area contributed by atoms with Crippen molar-refractivity contribution in [3.63, 3.8) is 0 Å². The van der Waals surface area contributed by atoms with E-state index in [0.717, 1.165) is 46.5 Å². The predicted octanol–water partition coefficient (Wildman–Crippen LogP) is 10.2. The molecule has 3 nitrogen and oxygen atoms in total. The number of aryl methyl sites for hydroxylation is 1. The van der Waals surface area contributed by atoms with E-state index in [4.69, 9.17) is 4.98 Å². The van der Waals surface area contributed by atoms with Crippen LogP contribution in [0.25, 0.3) is 22.4 Å². The molecule has 0 N–H and O–H groups in total. The highest BCUT2D eigenvalue weighted by atomic mass is 15.0. The van der Waals surface area contributed by atoms with Gasteiger partial charge in [-0.05, 0) is 54.5 Å². The van der Waals surface area contributed by atoms with E-state index in [0.29, 0.717) is 5.92 Å². The maximum atomic E-state index is 5.13. The minimum Gasteiger partial charge on any atom is -0.383 e. The number of hydrogen-bond donors (Lipinski definition) is 0. The van der Waals surface area contributed by atoms with E-state index in [2.05, 4.69) is 94.9 Å². The zero-order valence-electron chi connectivity index (χ0n) is 25.4. The first-order chi connectivity index (χ1) is 17.8. The molecule has 0 fully saturated rings. The van der Waals surface area contributed by atoms with Gasteiger partial charge in [-0.25, -0.2) is 0 Å². The van der Waals surface area contributed by atoms with E-state index in [1.807, 2.05) is 52.2 Å². The van der Waals surface area contributed by atoms with Gasteiger partial charge in [0.05, 0.1) is 5.69 Å². The highest BCUT2D eigenvalue weighted by molar-refractivity contribution is 6.10. The standard InChI is InChI=1S/C28H37N3.C4H10.C2H6.2H2/c1-8-21(4)14-16-28-26(22(9-2)19-29-5)15-17-27(30-28)25-13-11-12-24(18-25)23(10-3)20-31(6)7;1-3-4-2;1-2;;/h9-13,15,17-21H,3,8,14,16H2,1-2,4-7H3;3-4H2,1-2H3;1-2H3;2*1H/b22-9+,23-20+,29-19?;;;;. The first-order valence-electron chi connectivity index (χ1n) is 14.0. The lowest BCUT2D eigenvalue weighted by Gasteiger charge is -2.15. The Morgan fingerprint density at radius 2 is 1.76 bits per heavy atom. The molecular formula is C34H57N3. The van der Waals surface area contributed by atoms with Crippen LogP contribution < -0.4 is 0 Å². The van der Waals surface area contributed by atoms with E-state index in [1.54, 1.807) is 0 Å². The summed E-state index contributed by atoms with van der Waals surface area (Å²) < 4.78 is 0. The molecule has 0 aliphatic rings. The van der Waals surface area contributed by atoms with E-state index in [-0.39, 0.29) is 2.85 Å². The van der Waals surface area contributed by atoms with Crippen LogP contribution in [0.1, 0.15) is 93.8 Å². The molecule has 2 aromatic rings. The SMILES string of the molecule is C=C/C(=C\N(C)C)c1cccc(-c2ccc(/C(C=NC)=C/C)c(CCC(C)CC)n2)c1.CC.CCCC.[HH].[HH]. The van der Waals surface area contributed by atoms with Gasteiger partial charge in [0.25, 0.3) is 0 Å². The average molecular weight is 508 g/mol. The lowest BCUT2D eigenvalue weighted by atomic mass is 9.95. The Balaban J connectivity index is -0.00000148. The summed E-state index contributed by atoms with van der Waals surface area (Å²) in [6, 6.07) is 12.9. The number of pyridine rings is 1. The van der Waals surface area contributed by atoms with Crippen LogP contribution in [-0.2, 0) is 6.42 Å². The van der Waals surface area contributed by atoms with Crippen LogP contribution in [0.5, 0.6) is 0 Å². The highest BCUT2D eigenvalue weighted by Gasteiger charge is 2.12. The number of rotatable bonds is 11. The fourth-order valence-electron chi connectivity index (χ4n) is 3.52. The Kier molecular flexibility index (Phi) is 18.6.